The molecule has 1 aliphatic heterocycles. The Labute approximate surface area is 235 Å². The van der Waals surface area contributed by atoms with Crippen LogP contribution in [0.25, 0.3) is 16.7 Å². The van der Waals surface area contributed by atoms with Crippen molar-refractivity contribution >= 4 is 34.1 Å². The lowest BCUT2D eigenvalue weighted by molar-refractivity contribution is -0.140. The number of halogens is 3. The fourth-order valence-corrected chi connectivity index (χ4v) is 5.63. The monoisotopic (exact) mass is 569 g/mol. The molecule has 1 aliphatic rings. The van der Waals surface area contributed by atoms with E-state index in [4.69, 9.17) is 10.5 Å². The zero-order chi connectivity index (χ0) is 29.7. The summed E-state index contributed by atoms with van der Waals surface area (Å²) in [5.41, 5.74) is 6.83. The molecular formula is C29H34F3N7O2. The zero-order valence-electron chi connectivity index (χ0n) is 23.7. The summed E-state index contributed by atoms with van der Waals surface area (Å²) in [5, 5.41) is 3.97. The van der Waals surface area contributed by atoms with E-state index < -0.39 is 23.4 Å². The molecule has 3 N–H and O–H groups in total. The van der Waals surface area contributed by atoms with E-state index in [2.05, 4.69) is 20.3 Å². The number of piperidine rings is 1. The van der Waals surface area contributed by atoms with Crippen LogP contribution in [0.2, 0.25) is 0 Å². The van der Waals surface area contributed by atoms with Crippen molar-refractivity contribution in [3.05, 3.63) is 59.2 Å². The van der Waals surface area contributed by atoms with Crippen LogP contribution in [-0.4, -0.2) is 50.4 Å². The van der Waals surface area contributed by atoms with Crippen molar-refractivity contribution in [3.63, 3.8) is 0 Å². The van der Waals surface area contributed by atoms with Crippen molar-refractivity contribution < 1.29 is 22.7 Å². The number of methoxy groups -OCH3 is 1. The first-order valence-corrected chi connectivity index (χ1v) is 13.6. The van der Waals surface area contributed by atoms with Crippen LogP contribution in [0.5, 0.6) is 0 Å². The van der Waals surface area contributed by atoms with E-state index in [0.717, 1.165) is 17.7 Å². The number of hydrogen-bond acceptors (Lipinski definition) is 7. The molecule has 12 heteroatoms. The Morgan fingerprint density at radius 3 is 2.44 bits per heavy atom. The predicted molar refractivity (Wildman–Crippen MR) is 150 cm³/mol. The van der Waals surface area contributed by atoms with Crippen molar-refractivity contribution in [1.29, 1.82) is 0 Å². The number of imidazole rings is 1. The van der Waals surface area contributed by atoms with Gasteiger partial charge in [-0.1, -0.05) is 13.8 Å². The molecule has 4 heterocycles. The SMILES string of the molecule is COC1(c2cc3c(N[C@H](C)c4cc(N)cc(C(F)(F)F)c4)nc(C)nc3n3ccnc23)CCN(C(=O)C(C)C)CC1. The molecule has 5 rings (SSSR count). The molecule has 1 atom stereocenters. The summed E-state index contributed by atoms with van der Waals surface area (Å²) < 4.78 is 48.5. The molecule has 0 bridgehead atoms. The molecule has 9 nitrogen and oxygen atoms in total. The summed E-state index contributed by atoms with van der Waals surface area (Å²) in [5.74, 6) is 0.971. The number of aryl methyl sites for hydroxylation is 1. The second-order valence-corrected chi connectivity index (χ2v) is 11.0. The summed E-state index contributed by atoms with van der Waals surface area (Å²) in [6.07, 6.45) is 0.136. The van der Waals surface area contributed by atoms with E-state index in [1.165, 1.54) is 6.07 Å². The minimum absolute atomic E-state index is 0.0268. The Hall–Kier alpha value is -3.93. The van der Waals surface area contributed by atoms with Crippen molar-refractivity contribution in [1.82, 2.24) is 24.3 Å². The van der Waals surface area contributed by atoms with E-state index in [1.54, 1.807) is 27.2 Å². The highest BCUT2D eigenvalue weighted by molar-refractivity contribution is 5.90. The molecule has 1 aromatic carbocycles. The lowest BCUT2D eigenvalue weighted by atomic mass is 9.83. The van der Waals surface area contributed by atoms with Crippen molar-refractivity contribution in [2.75, 3.05) is 31.2 Å². The number of nitrogens with two attached hydrogens (primary N) is 1. The number of likely N-dealkylation sites (tertiary alicyclic amines) is 1. The maximum Gasteiger partial charge on any atom is 0.416 e. The maximum atomic E-state index is 13.5. The molecule has 0 spiro atoms. The van der Waals surface area contributed by atoms with Crippen LogP contribution in [-0.2, 0) is 21.3 Å². The number of nitrogen functional groups attached to an aromatic ring is 1. The molecule has 218 valence electrons. The number of aromatic nitrogens is 4. The van der Waals surface area contributed by atoms with Gasteiger partial charge in [-0.05, 0) is 56.5 Å². The van der Waals surface area contributed by atoms with Gasteiger partial charge < -0.3 is 20.7 Å². The number of fused-ring (bicyclic) bond motifs is 3. The highest BCUT2D eigenvalue weighted by Crippen LogP contribution is 2.41. The molecule has 0 saturated carbocycles. The second-order valence-electron chi connectivity index (χ2n) is 11.0. The third-order valence-corrected chi connectivity index (χ3v) is 7.85. The lowest BCUT2D eigenvalue weighted by Crippen LogP contribution is -2.47. The first-order chi connectivity index (χ1) is 19.3. The third kappa shape index (κ3) is 5.28. The van der Waals surface area contributed by atoms with Gasteiger partial charge in [0.15, 0.2) is 5.65 Å². The Morgan fingerprint density at radius 2 is 1.80 bits per heavy atom. The van der Waals surface area contributed by atoms with Gasteiger partial charge >= 0.3 is 6.18 Å². The summed E-state index contributed by atoms with van der Waals surface area (Å²) in [4.78, 5) is 28.5. The third-order valence-electron chi connectivity index (χ3n) is 7.85. The summed E-state index contributed by atoms with van der Waals surface area (Å²) >= 11 is 0. The standard InChI is InChI=1S/C29H34F3N7O2/c1-16(2)27(40)38-9-6-28(41-5,7-10-38)23-15-22-24(36-18(4)37-25(22)39-11-8-34-26(23)39)35-17(3)19-12-20(29(30,31)32)14-21(33)13-19/h8,11-17H,6-7,9-10,33H2,1-5H3,(H,35,36,37)/t17-/m1/s1. The Bertz CT molecular complexity index is 1610. The number of nitrogens with zero attached hydrogens (tertiary/aromatic N) is 5. The van der Waals surface area contributed by atoms with Crippen LogP contribution in [0.1, 0.15) is 62.2 Å². The maximum absolute atomic E-state index is 13.5. The van der Waals surface area contributed by atoms with Gasteiger partial charge in [-0.25, -0.2) is 15.0 Å². The fraction of sp³-hybridized carbons (Fsp3) is 0.448. The molecule has 4 aromatic rings. The van der Waals surface area contributed by atoms with Crippen molar-refractivity contribution in [2.45, 2.75) is 58.4 Å². The molecule has 41 heavy (non-hydrogen) atoms. The number of hydrogen-bond donors (Lipinski definition) is 2. The number of nitrogens with one attached hydrogen (secondary N) is 1. The molecule has 1 saturated heterocycles. The van der Waals surface area contributed by atoms with Gasteiger partial charge in [0.05, 0.1) is 22.6 Å². The number of ether oxygens (including phenoxy) is 1. The van der Waals surface area contributed by atoms with Gasteiger partial charge in [-0.3, -0.25) is 9.20 Å². The average Bonchev–Trinajstić information content (AvgIpc) is 3.42. The van der Waals surface area contributed by atoms with Crippen LogP contribution in [0.15, 0.2) is 36.7 Å². The van der Waals surface area contributed by atoms with Gasteiger partial charge in [0.25, 0.3) is 0 Å². The van der Waals surface area contributed by atoms with E-state index >= 15 is 0 Å². The van der Waals surface area contributed by atoms with Crippen molar-refractivity contribution in [3.8, 4) is 0 Å². The molecule has 0 unspecified atom stereocenters. The van der Waals surface area contributed by atoms with E-state index in [9.17, 15) is 18.0 Å². The Morgan fingerprint density at radius 1 is 1.10 bits per heavy atom. The van der Waals surface area contributed by atoms with Gasteiger partial charge in [0.2, 0.25) is 5.91 Å². The Kier molecular flexibility index (Phi) is 7.31. The van der Waals surface area contributed by atoms with Gasteiger partial charge in [0.1, 0.15) is 17.3 Å². The molecular weight excluding hydrogens is 535 g/mol. The van der Waals surface area contributed by atoms with Crippen LogP contribution in [0, 0.1) is 12.8 Å². The first-order valence-electron chi connectivity index (χ1n) is 13.6. The average molecular weight is 570 g/mol. The van der Waals surface area contributed by atoms with Crippen LogP contribution in [0.3, 0.4) is 0 Å². The molecule has 1 fully saturated rings. The number of anilines is 2. The largest absolute Gasteiger partial charge is 0.416 e. The smallest absolute Gasteiger partial charge is 0.399 e. The van der Waals surface area contributed by atoms with Gasteiger partial charge in [-0.15, -0.1) is 0 Å². The van der Waals surface area contributed by atoms with Crippen molar-refractivity contribution in [2.24, 2.45) is 5.92 Å². The minimum atomic E-state index is -4.52. The Balaban J connectivity index is 1.59. The fourth-order valence-electron chi connectivity index (χ4n) is 5.63. The molecule has 3 aromatic heterocycles. The number of rotatable bonds is 6. The molecule has 1 amide bonds. The normalized spacial score (nSPS) is 16.5. The quantitative estimate of drug-likeness (QED) is 0.296. The topological polar surface area (TPSA) is 111 Å². The van der Waals surface area contributed by atoms with Crippen LogP contribution >= 0.6 is 0 Å². The van der Waals surface area contributed by atoms with Crippen LogP contribution in [0.4, 0.5) is 24.7 Å². The number of alkyl halides is 3. The number of carbonyl (C=O) groups is 1. The highest BCUT2D eigenvalue weighted by Gasteiger charge is 2.40. The minimum Gasteiger partial charge on any atom is -0.399 e. The number of benzene rings is 1. The van der Waals surface area contributed by atoms with Gasteiger partial charge in [0, 0.05) is 49.8 Å². The van der Waals surface area contributed by atoms with E-state index in [1.807, 2.05) is 35.4 Å². The summed E-state index contributed by atoms with van der Waals surface area (Å²) in [6, 6.07) is 4.94. The zero-order valence-corrected chi connectivity index (χ0v) is 23.7. The summed E-state index contributed by atoms with van der Waals surface area (Å²) in [7, 11) is 1.66. The molecule has 0 radical (unpaired) electrons. The first kappa shape index (κ1) is 28.6. The number of carbonyl (C=O) groups excluding carboxylic acids is 1. The lowest BCUT2D eigenvalue weighted by Gasteiger charge is -2.41. The van der Waals surface area contributed by atoms with E-state index in [-0.39, 0.29) is 17.5 Å². The van der Waals surface area contributed by atoms with E-state index in [0.29, 0.717) is 59.8 Å². The van der Waals surface area contributed by atoms with Gasteiger partial charge in [-0.2, -0.15) is 13.2 Å². The second kappa shape index (κ2) is 10.5. The summed E-state index contributed by atoms with van der Waals surface area (Å²) in [6.45, 7) is 8.38. The van der Waals surface area contributed by atoms with Crippen LogP contribution < -0.4 is 11.1 Å². The number of amides is 1. The highest BCUT2D eigenvalue weighted by atomic mass is 19.4. The number of pyridine rings is 1. The molecule has 0 aliphatic carbocycles. The predicted octanol–water partition coefficient (Wildman–Crippen LogP) is 5.48.